The third-order valence-electron chi connectivity index (χ3n) is 8.57. The number of nitrogens with zero attached hydrogens (tertiary/aromatic N) is 2. The van der Waals surface area contributed by atoms with Crippen molar-refractivity contribution < 1.29 is 34.2 Å². The predicted molar refractivity (Wildman–Crippen MR) is 139 cm³/mol. The molecule has 0 bridgehead atoms. The average Bonchev–Trinajstić information content (AvgIpc) is 3.23. The summed E-state index contributed by atoms with van der Waals surface area (Å²) in [6, 6.07) is 11.7. The Bertz CT molecular complexity index is 1540. The maximum absolute atomic E-state index is 13.9. The van der Waals surface area contributed by atoms with Crippen LogP contribution in [0, 0.1) is 17.8 Å². The molecule has 1 saturated carbocycles. The zero-order chi connectivity index (χ0) is 28.0. The second-order valence-electron chi connectivity index (χ2n) is 10.5. The van der Waals surface area contributed by atoms with Gasteiger partial charge in [0.25, 0.3) is 11.8 Å². The molecule has 200 valence electrons. The van der Waals surface area contributed by atoms with E-state index >= 15 is 0 Å². The van der Waals surface area contributed by atoms with E-state index in [1.54, 1.807) is 18.2 Å². The van der Waals surface area contributed by atoms with E-state index in [2.05, 4.69) is 0 Å². The molecule has 6 unspecified atom stereocenters. The van der Waals surface area contributed by atoms with Gasteiger partial charge in [0, 0.05) is 13.0 Å². The van der Waals surface area contributed by atoms with Gasteiger partial charge in [-0.05, 0) is 54.7 Å². The highest BCUT2D eigenvalue weighted by Gasteiger charge is 2.75. The third kappa shape index (κ3) is 3.23. The summed E-state index contributed by atoms with van der Waals surface area (Å²) in [5.41, 5.74) is 1.11. The number of carbonyl (C=O) groups excluding carboxylic acids is 4. The van der Waals surface area contributed by atoms with Crippen LogP contribution in [-0.2, 0) is 19.2 Å². The quantitative estimate of drug-likeness (QED) is 0.330. The lowest BCUT2D eigenvalue weighted by atomic mass is 9.56. The number of hydrogen-bond donors (Lipinski definition) is 2. The van der Waals surface area contributed by atoms with Crippen LogP contribution in [0.2, 0.25) is 0 Å². The first kappa shape index (κ1) is 25.6. The third-order valence-corrected chi connectivity index (χ3v) is 9.98. The normalized spacial score (nSPS) is 33.6. The zero-order valence-electron chi connectivity index (χ0n) is 20.5. The second kappa shape index (κ2) is 8.40. The average molecular weight is 569 g/mol. The summed E-state index contributed by atoms with van der Waals surface area (Å²) in [5, 5.41) is 19.6. The highest BCUT2D eigenvalue weighted by atomic mass is 35.5. The predicted octanol–water partition coefficient (Wildman–Crippen LogP) is 3.28. The number of alkyl halides is 2. The molecule has 4 amide bonds. The number of aromatic carboxylic acids is 1. The van der Waals surface area contributed by atoms with Crippen LogP contribution in [0.5, 0.6) is 5.75 Å². The molecular formula is C28H22Cl2N2O7. The van der Waals surface area contributed by atoms with Crippen molar-refractivity contribution in [3.8, 4) is 5.75 Å². The summed E-state index contributed by atoms with van der Waals surface area (Å²) >= 11 is 14.2. The van der Waals surface area contributed by atoms with E-state index in [1.165, 1.54) is 43.4 Å². The molecule has 0 spiro atoms. The number of phenolic OH excluding ortho intramolecular Hbond substituents is 1. The number of imide groups is 2. The van der Waals surface area contributed by atoms with Gasteiger partial charge >= 0.3 is 5.97 Å². The zero-order valence-corrected chi connectivity index (χ0v) is 22.0. The van der Waals surface area contributed by atoms with Gasteiger partial charge < -0.3 is 10.2 Å². The van der Waals surface area contributed by atoms with Crippen molar-refractivity contribution in [1.29, 1.82) is 0 Å². The molecule has 2 aromatic carbocycles. The molecule has 2 aromatic rings. The minimum Gasteiger partial charge on any atom is -0.508 e. The van der Waals surface area contributed by atoms with Crippen LogP contribution in [0.4, 0.5) is 5.69 Å². The van der Waals surface area contributed by atoms with Crippen LogP contribution < -0.4 is 4.90 Å². The van der Waals surface area contributed by atoms with Crippen molar-refractivity contribution in [2.24, 2.45) is 17.8 Å². The summed E-state index contributed by atoms with van der Waals surface area (Å²) in [5.74, 6) is -7.02. The second-order valence-corrected chi connectivity index (χ2v) is 11.7. The van der Waals surface area contributed by atoms with Crippen molar-refractivity contribution in [2.45, 2.75) is 28.5 Å². The van der Waals surface area contributed by atoms with Crippen LogP contribution in [0.15, 0.2) is 60.2 Å². The maximum Gasteiger partial charge on any atom is 0.335 e. The number of anilines is 1. The topological polar surface area (TPSA) is 132 Å². The number of likely N-dealkylation sites (tertiary alicyclic amines) is 1. The van der Waals surface area contributed by atoms with E-state index in [-0.39, 0.29) is 29.8 Å². The molecule has 2 saturated heterocycles. The van der Waals surface area contributed by atoms with Gasteiger partial charge in [0.2, 0.25) is 11.8 Å². The molecule has 0 radical (unpaired) electrons. The van der Waals surface area contributed by atoms with Crippen LogP contribution in [0.1, 0.15) is 34.7 Å². The van der Waals surface area contributed by atoms with Crippen LogP contribution in [0.3, 0.4) is 0 Å². The van der Waals surface area contributed by atoms with Crippen molar-refractivity contribution >= 4 is 58.5 Å². The Hall–Kier alpha value is -3.69. The Morgan fingerprint density at radius 3 is 2.38 bits per heavy atom. The minimum atomic E-state index is -1.93. The number of hydrogen-bond acceptors (Lipinski definition) is 6. The molecule has 2 aliphatic heterocycles. The first-order chi connectivity index (χ1) is 18.4. The highest BCUT2D eigenvalue weighted by Crippen LogP contribution is 2.65. The lowest BCUT2D eigenvalue weighted by molar-refractivity contribution is -0.138. The number of carboxylic acids is 1. The standard InChI is InChI=1S/C28H22Cl2N2O7/c1-31-25(38)27(29)12-19-17(21(28(27,30)26(31)39)13-4-3-7-16(33)11-13)8-9-18-20(19)23(35)32(22(18)34)15-6-2-5-14(10-15)24(36)37/h2-8,10-11,18-21,33H,9,12H2,1H3,(H,36,37). The molecule has 6 rings (SSSR count). The number of carboxylic acid groups (broad SMARTS) is 1. The number of phenols is 1. The molecule has 0 aromatic heterocycles. The molecule has 39 heavy (non-hydrogen) atoms. The summed E-state index contributed by atoms with van der Waals surface area (Å²) < 4.78 is 0. The van der Waals surface area contributed by atoms with Gasteiger partial charge in [0.15, 0.2) is 9.75 Å². The number of fused-ring (bicyclic) bond motifs is 4. The Morgan fingerprint density at radius 1 is 0.974 bits per heavy atom. The fourth-order valence-electron chi connectivity index (χ4n) is 6.85. The number of allylic oxidation sites excluding steroid dienone is 2. The van der Waals surface area contributed by atoms with Crippen molar-refractivity contribution in [3.05, 3.63) is 71.3 Å². The van der Waals surface area contributed by atoms with E-state index < -0.39 is 63.0 Å². The molecule has 9 nitrogen and oxygen atoms in total. The lowest BCUT2D eigenvalue weighted by Gasteiger charge is -2.50. The van der Waals surface area contributed by atoms with Gasteiger partial charge in [0.05, 0.1) is 23.1 Å². The van der Waals surface area contributed by atoms with Crippen LogP contribution in [0.25, 0.3) is 0 Å². The summed E-state index contributed by atoms with van der Waals surface area (Å²) in [6.07, 6.45) is 1.81. The van der Waals surface area contributed by atoms with Gasteiger partial charge in [-0.25, -0.2) is 4.79 Å². The smallest absolute Gasteiger partial charge is 0.335 e. The first-order valence-electron chi connectivity index (χ1n) is 12.3. The van der Waals surface area contributed by atoms with E-state index in [0.717, 1.165) is 9.80 Å². The number of rotatable bonds is 3. The largest absolute Gasteiger partial charge is 0.508 e. The molecule has 3 fully saturated rings. The Morgan fingerprint density at radius 2 is 1.69 bits per heavy atom. The van der Waals surface area contributed by atoms with E-state index in [1.807, 2.05) is 0 Å². The van der Waals surface area contributed by atoms with Gasteiger partial charge in [-0.1, -0.05) is 29.8 Å². The molecule has 11 heteroatoms. The monoisotopic (exact) mass is 568 g/mol. The van der Waals surface area contributed by atoms with Crippen molar-refractivity contribution in [3.63, 3.8) is 0 Å². The van der Waals surface area contributed by atoms with Gasteiger partial charge in [-0.2, -0.15) is 0 Å². The number of carbonyl (C=O) groups is 5. The SMILES string of the molecule is CN1C(=O)C2(Cl)CC3C(=CCC4C(=O)N(c5cccc(C(=O)O)c5)C(=O)C43)C(c3cccc(O)c3)C2(Cl)C1=O. The summed E-state index contributed by atoms with van der Waals surface area (Å²) in [7, 11) is 1.30. The molecular weight excluding hydrogens is 547 g/mol. The van der Waals surface area contributed by atoms with E-state index in [9.17, 15) is 34.2 Å². The van der Waals surface area contributed by atoms with E-state index in [4.69, 9.17) is 23.2 Å². The van der Waals surface area contributed by atoms with E-state index in [0.29, 0.717) is 11.1 Å². The fraction of sp³-hybridized carbons (Fsp3) is 0.321. The fourth-order valence-corrected chi connectivity index (χ4v) is 7.87. The molecule has 2 heterocycles. The molecule has 4 aliphatic rings. The number of amides is 4. The van der Waals surface area contributed by atoms with Gasteiger partial charge in [0.1, 0.15) is 5.75 Å². The molecule has 2 N–H and O–H groups in total. The summed E-state index contributed by atoms with van der Waals surface area (Å²) in [4.78, 5) is 64.0. The van der Waals surface area contributed by atoms with Crippen LogP contribution in [-0.4, -0.2) is 61.5 Å². The summed E-state index contributed by atoms with van der Waals surface area (Å²) in [6.45, 7) is 0. The van der Waals surface area contributed by atoms with Gasteiger partial charge in [-0.3, -0.25) is 29.0 Å². The number of halogens is 2. The Balaban J connectivity index is 1.50. The highest BCUT2D eigenvalue weighted by molar-refractivity contribution is 6.53. The lowest BCUT2D eigenvalue weighted by Crippen LogP contribution is -2.60. The van der Waals surface area contributed by atoms with Crippen LogP contribution >= 0.6 is 23.2 Å². The number of benzene rings is 2. The minimum absolute atomic E-state index is 0.0758. The first-order valence-corrected chi connectivity index (χ1v) is 13.1. The molecule has 2 aliphatic carbocycles. The van der Waals surface area contributed by atoms with Crippen molar-refractivity contribution in [2.75, 3.05) is 11.9 Å². The Labute approximate surface area is 232 Å². The van der Waals surface area contributed by atoms with Gasteiger partial charge in [-0.15, -0.1) is 23.2 Å². The molecule has 6 atom stereocenters. The maximum atomic E-state index is 13.9. The van der Waals surface area contributed by atoms with Crippen molar-refractivity contribution in [1.82, 2.24) is 4.90 Å². The number of aromatic hydroxyl groups is 1. The Kier molecular flexibility index (Phi) is 5.51.